The summed E-state index contributed by atoms with van der Waals surface area (Å²) in [6.07, 6.45) is 0. The maximum atomic E-state index is 5.89. The van der Waals surface area contributed by atoms with Gasteiger partial charge in [-0.25, -0.2) is 0 Å². The lowest BCUT2D eigenvalue weighted by molar-refractivity contribution is 1.09. The van der Waals surface area contributed by atoms with E-state index in [4.69, 9.17) is 11.6 Å². The second-order valence-electron chi connectivity index (χ2n) is 2.73. The second-order valence-corrected chi connectivity index (χ2v) is 5.33. The van der Waals surface area contributed by atoms with Crippen molar-refractivity contribution in [3.05, 3.63) is 35.9 Å². The standard InChI is InChI=1S/C10H13ClS/c1-8(12-9(2)11)10-6-4-3-5-7-10/h3-9H,1-2H3. The SMILES string of the molecule is CC(Cl)SC(C)c1ccccc1. The molecule has 2 unspecified atom stereocenters. The molecular weight excluding hydrogens is 188 g/mol. The summed E-state index contributed by atoms with van der Waals surface area (Å²) in [5, 5.41) is 0.485. The Balaban J connectivity index is 2.59. The van der Waals surface area contributed by atoms with Gasteiger partial charge in [-0.3, -0.25) is 0 Å². The van der Waals surface area contributed by atoms with E-state index in [2.05, 4.69) is 31.2 Å². The summed E-state index contributed by atoms with van der Waals surface area (Å²) in [4.78, 5) is 0. The lowest BCUT2D eigenvalue weighted by Crippen LogP contribution is -1.91. The number of thioether (sulfide) groups is 1. The van der Waals surface area contributed by atoms with Crippen LogP contribution in [-0.4, -0.2) is 4.71 Å². The molecule has 0 heterocycles. The summed E-state index contributed by atoms with van der Waals surface area (Å²) in [7, 11) is 0. The van der Waals surface area contributed by atoms with E-state index in [0.29, 0.717) is 5.25 Å². The van der Waals surface area contributed by atoms with Crippen molar-refractivity contribution in [3.63, 3.8) is 0 Å². The molecule has 0 radical (unpaired) electrons. The highest BCUT2D eigenvalue weighted by molar-refractivity contribution is 8.01. The Morgan fingerprint density at radius 2 is 1.75 bits per heavy atom. The van der Waals surface area contributed by atoms with Crippen LogP contribution >= 0.6 is 23.4 Å². The molecule has 1 aromatic carbocycles. The first-order valence-electron chi connectivity index (χ1n) is 4.04. The molecule has 0 spiro atoms. The van der Waals surface area contributed by atoms with Crippen LogP contribution in [0.3, 0.4) is 0 Å². The largest absolute Gasteiger partial charge is 0.135 e. The van der Waals surface area contributed by atoms with Crippen molar-refractivity contribution in [2.75, 3.05) is 0 Å². The van der Waals surface area contributed by atoms with Crippen molar-refractivity contribution < 1.29 is 0 Å². The van der Waals surface area contributed by atoms with Crippen molar-refractivity contribution in [1.82, 2.24) is 0 Å². The fourth-order valence-corrected chi connectivity index (χ4v) is 2.42. The average Bonchev–Trinajstić information content (AvgIpc) is 2.05. The third-order valence-corrected chi connectivity index (χ3v) is 3.02. The molecule has 0 amide bonds. The van der Waals surface area contributed by atoms with Crippen LogP contribution < -0.4 is 0 Å². The van der Waals surface area contributed by atoms with Crippen LogP contribution in [0.2, 0.25) is 0 Å². The fourth-order valence-electron chi connectivity index (χ4n) is 1.08. The molecule has 0 aliphatic heterocycles. The summed E-state index contributed by atoms with van der Waals surface area (Å²) in [6, 6.07) is 10.4. The highest BCUT2D eigenvalue weighted by atomic mass is 35.5. The molecule has 0 aliphatic rings. The Morgan fingerprint density at radius 1 is 1.17 bits per heavy atom. The Morgan fingerprint density at radius 3 is 2.25 bits per heavy atom. The van der Waals surface area contributed by atoms with Gasteiger partial charge in [0.15, 0.2) is 0 Å². The molecule has 0 fully saturated rings. The zero-order chi connectivity index (χ0) is 8.97. The van der Waals surface area contributed by atoms with Crippen LogP contribution in [0.1, 0.15) is 24.7 Å². The van der Waals surface area contributed by atoms with Crippen molar-refractivity contribution in [2.24, 2.45) is 0 Å². The molecule has 0 aromatic heterocycles. The highest BCUT2D eigenvalue weighted by Gasteiger charge is 2.07. The first-order valence-corrected chi connectivity index (χ1v) is 5.42. The molecule has 66 valence electrons. The van der Waals surface area contributed by atoms with E-state index < -0.39 is 0 Å². The first kappa shape index (κ1) is 9.94. The average molecular weight is 201 g/mol. The number of hydrogen-bond acceptors (Lipinski definition) is 1. The van der Waals surface area contributed by atoms with Crippen LogP contribution in [0.4, 0.5) is 0 Å². The smallest absolute Gasteiger partial charge is 0.0766 e. The number of alkyl halides is 1. The fraction of sp³-hybridized carbons (Fsp3) is 0.400. The first-order chi connectivity index (χ1) is 5.70. The summed E-state index contributed by atoms with van der Waals surface area (Å²) < 4.78 is 0.181. The zero-order valence-corrected chi connectivity index (χ0v) is 8.90. The third kappa shape index (κ3) is 3.08. The molecule has 0 aliphatic carbocycles. The molecule has 2 heteroatoms. The van der Waals surface area contributed by atoms with E-state index in [1.54, 1.807) is 11.8 Å². The molecule has 0 bridgehead atoms. The van der Waals surface area contributed by atoms with E-state index >= 15 is 0 Å². The highest BCUT2D eigenvalue weighted by Crippen LogP contribution is 2.32. The van der Waals surface area contributed by atoms with Gasteiger partial charge in [-0.15, -0.1) is 23.4 Å². The summed E-state index contributed by atoms with van der Waals surface area (Å²) >= 11 is 7.66. The minimum absolute atomic E-state index is 0.181. The monoisotopic (exact) mass is 200 g/mol. The maximum absolute atomic E-state index is 5.89. The Kier molecular flexibility index (Phi) is 3.96. The maximum Gasteiger partial charge on any atom is 0.0766 e. The number of halogens is 1. The molecule has 2 atom stereocenters. The van der Waals surface area contributed by atoms with Gasteiger partial charge in [-0.2, -0.15) is 0 Å². The molecule has 0 saturated heterocycles. The Bertz CT molecular complexity index is 221. The predicted octanol–water partition coefficient (Wildman–Crippen LogP) is 4.07. The van der Waals surface area contributed by atoms with Crippen molar-refractivity contribution in [1.29, 1.82) is 0 Å². The quantitative estimate of drug-likeness (QED) is 0.663. The van der Waals surface area contributed by atoms with Gasteiger partial charge in [0, 0.05) is 5.25 Å². The second kappa shape index (κ2) is 4.78. The minimum Gasteiger partial charge on any atom is -0.135 e. The van der Waals surface area contributed by atoms with Crippen LogP contribution in [0, 0.1) is 0 Å². The number of benzene rings is 1. The molecular formula is C10H13ClS. The van der Waals surface area contributed by atoms with Crippen LogP contribution in [0.5, 0.6) is 0 Å². The Labute approximate surface area is 83.3 Å². The van der Waals surface area contributed by atoms with Crippen LogP contribution in [-0.2, 0) is 0 Å². The number of rotatable bonds is 3. The number of hydrogen-bond donors (Lipinski definition) is 0. The molecule has 1 aromatic rings. The van der Waals surface area contributed by atoms with Crippen molar-refractivity contribution in [2.45, 2.75) is 23.8 Å². The van der Waals surface area contributed by atoms with Gasteiger partial charge in [0.05, 0.1) is 4.71 Å². The lowest BCUT2D eigenvalue weighted by atomic mass is 10.2. The van der Waals surface area contributed by atoms with E-state index in [0.717, 1.165) is 0 Å². The Hall–Kier alpha value is -0.140. The van der Waals surface area contributed by atoms with Gasteiger partial charge in [0.2, 0.25) is 0 Å². The normalized spacial score (nSPS) is 15.6. The minimum atomic E-state index is 0.181. The zero-order valence-electron chi connectivity index (χ0n) is 7.33. The molecule has 12 heavy (non-hydrogen) atoms. The predicted molar refractivity (Wildman–Crippen MR) is 57.8 cm³/mol. The summed E-state index contributed by atoms with van der Waals surface area (Å²) in [5.41, 5.74) is 1.34. The summed E-state index contributed by atoms with van der Waals surface area (Å²) in [6.45, 7) is 4.19. The van der Waals surface area contributed by atoms with E-state index in [9.17, 15) is 0 Å². The van der Waals surface area contributed by atoms with Gasteiger partial charge in [-0.05, 0) is 19.4 Å². The van der Waals surface area contributed by atoms with Gasteiger partial charge in [0.1, 0.15) is 0 Å². The van der Waals surface area contributed by atoms with Gasteiger partial charge < -0.3 is 0 Å². The third-order valence-electron chi connectivity index (χ3n) is 1.66. The van der Waals surface area contributed by atoms with Crippen molar-refractivity contribution >= 4 is 23.4 Å². The molecule has 1 rings (SSSR count). The summed E-state index contributed by atoms with van der Waals surface area (Å²) in [5.74, 6) is 0. The van der Waals surface area contributed by atoms with Crippen LogP contribution in [0.25, 0.3) is 0 Å². The van der Waals surface area contributed by atoms with Gasteiger partial charge >= 0.3 is 0 Å². The van der Waals surface area contributed by atoms with E-state index in [1.807, 2.05) is 13.0 Å². The van der Waals surface area contributed by atoms with E-state index in [-0.39, 0.29) is 4.71 Å². The lowest BCUT2D eigenvalue weighted by Gasteiger charge is -2.12. The van der Waals surface area contributed by atoms with Gasteiger partial charge in [0.25, 0.3) is 0 Å². The topological polar surface area (TPSA) is 0 Å². The van der Waals surface area contributed by atoms with Crippen molar-refractivity contribution in [3.8, 4) is 0 Å². The molecule has 0 nitrogen and oxygen atoms in total. The van der Waals surface area contributed by atoms with E-state index in [1.165, 1.54) is 5.56 Å². The van der Waals surface area contributed by atoms with Crippen LogP contribution in [0.15, 0.2) is 30.3 Å². The molecule has 0 N–H and O–H groups in total. The molecule has 0 saturated carbocycles. The van der Waals surface area contributed by atoms with Gasteiger partial charge in [-0.1, -0.05) is 30.3 Å².